The maximum Gasteiger partial charge on any atom is 0.0413 e. The average Bonchev–Trinajstić information content (AvgIpc) is 2.05. The summed E-state index contributed by atoms with van der Waals surface area (Å²) in [5, 5.41) is 0. The van der Waals surface area contributed by atoms with Gasteiger partial charge in [0, 0.05) is 8.80 Å². The molecular weight excluding hydrogens is 160 g/mol. The second-order valence-corrected chi connectivity index (χ2v) is 6.46. The molecule has 0 spiro atoms. The van der Waals surface area contributed by atoms with Crippen LogP contribution in [0.1, 0.15) is 12.0 Å². The van der Waals surface area contributed by atoms with Crippen molar-refractivity contribution in [2.45, 2.75) is 32.0 Å². The fourth-order valence-corrected chi connectivity index (χ4v) is 2.17. The maximum atomic E-state index is 2.38. The number of rotatable bonds is 4. The zero-order valence-corrected chi connectivity index (χ0v) is 9.01. The molecule has 1 heteroatoms. The predicted octanol–water partition coefficient (Wildman–Crippen LogP) is 3.37. The molecule has 1 aromatic rings. The normalized spacial score (nSPS) is 10.6. The highest BCUT2D eigenvalue weighted by Gasteiger charge is 1.96. The average molecular weight is 177 g/mol. The van der Waals surface area contributed by atoms with E-state index in [4.69, 9.17) is 0 Å². The second-order valence-electron chi connectivity index (χ2n) is 3.55. The highest BCUT2D eigenvalue weighted by molar-refractivity contribution is 6.55. The van der Waals surface area contributed by atoms with Gasteiger partial charge in [-0.15, -0.1) is 0 Å². The third-order valence-electron chi connectivity index (χ3n) is 1.99. The molecule has 0 saturated carbocycles. The Labute approximate surface area is 77.2 Å². The molecule has 1 aromatic carbocycles. The third-order valence-corrected chi connectivity index (χ3v) is 3.34. The molecule has 0 aliphatic heterocycles. The van der Waals surface area contributed by atoms with Crippen molar-refractivity contribution >= 4 is 8.80 Å². The molecule has 0 fully saturated rings. The van der Waals surface area contributed by atoms with Crippen LogP contribution in [0.3, 0.4) is 0 Å². The first-order valence-corrected chi connectivity index (χ1v) is 7.32. The second kappa shape index (κ2) is 5.15. The van der Waals surface area contributed by atoms with E-state index in [1.54, 1.807) is 0 Å². The summed E-state index contributed by atoms with van der Waals surface area (Å²) in [5.41, 5.74) is 1.49. The molecule has 0 heterocycles. The van der Waals surface area contributed by atoms with Gasteiger partial charge >= 0.3 is 0 Å². The first-order chi connectivity index (χ1) is 5.79. The lowest BCUT2D eigenvalue weighted by molar-refractivity contribution is 0.909. The van der Waals surface area contributed by atoms with Gasteiger partial charge in [0.1, 0.15) is 0 Å². The van der Waals surface area contributed by atoms with Gasteiger partial charge in [0.15, 0.2) is 0 Å². The monoisotopic (exact) mass is 177 g/mol. The number of hydrogen-bond donors (Lipinski definition) is 0. The molecule has 0 N–H and O–H groups in total. The van der Waals surface area contributed by atoms with E-state index in [0.29, 0.717) is 0 Å². The SMILES string of the molecule is C[Si](C)CCCc1ccccc1. The highest BCUT2D eigenvalue weighted by atomic mass is 28.3. The zero-order valence-electron chi connectivity index (χ0n) is 8.01. The van der Waals surface area contributed by atoms with Crippen molar-refractivity contribution in [3.05, 3.63) is 35.9 Å². The van der Waals surface area contributed by atoms with Gasteiger partial charge in [-0.2, -0.15) is 0 Å². The largest absolute Gasteiger partial charge is 0.0713 e. The van der Waals surface area contributed by atoms with E-state index < -0.39 is 0 Å². The molecular formula is C11H17Si. The van der Waals surface area contributed by atoms with Gasteiger partial charge in [-0.1, -0.05) is 55.9 Å². The van der Waals surface area contributed by atoms with Crippen molar-refractivity contribution in [2.75, 3.05) is 0 Å². The van der Waals surface area contributed by atoms with Gasteiger partial charge < -0.3 is 0 Å². The zero-order chi connectivity index (χ0) is 8.81. The fraction of sp³-hybridized carbons (Fsp3) is 0.455. The van der Waals surface area contributed by atoms with Crippen LogP contribution in [0.25, 0.3) is 0 Å². The van der Waals surface area contributed by atoms with E-state index in [1.807, 2.05) is 0 Å². The van der Waals surface area contributed by atoms with Crippen molar-refractivity contribution in [3.8, 4) is 0 Å². The summed E-state index contributed by atoms with van der Waals surface area (Å²) < 4.78 is 0. The number of hydrogen-bond acceptors (Lipinski definition) is 0. The molecule has 1 rings (SSSR count). The Balaban J connectivity index is 2.25. The van der Waals surface area contributed by atoms with Crippen LogP contribution in [0, 0.1) is 0 Å². The summed E-state index contributed by atoms with van der Waals surface area (Å²) >= 11 is 0. The van der Waals surface area contributed by atoms with Crippen LogP contribution >= 0.6 is 0 Å². The first-order valence-electron chi connectivity index (χ1n) is 4.62. The molecule has 0 aliphatic rings. The van der Waals surface area contributed by atoms with Gasteiger partial charge in [-0.25, -0.2) is 0 Å². The third kappa shape index (κ3) is 3.72. The van der Waals surface area contributed by atoms with Gasteiger partial charge in [0.2, 0.25) is 0 Å². The van der Waals surface area contributed by atoms with E-state index in [-0.39, 0.29) is 8.80 Å². The summed E-state index contributed by atoms with van der Waals surface area (Å²) in [6.45, 7) is 4.77. The standard InChI is InChI=1S/C11H17Si/c1-12(2)10-6-9-11-7-4-3-5-8-11/h3-5,7-8H,6,9-10H2,1-2H3. The first kappa shape index (κ1) is 9.52. The van der Waals surface area contributed by atoms with Crippen molar-refractivity contribution in [2.24, 2.45) is 0 Å². The Morgan fingerprint density at radius 2 is 1.75 bits per heavy atom. The number of aryl methyl sites for hydroxylation is 1. The summed E-state index contributed by atoms with van der Waals surface area (Å²) in [6, 6.07) is 12.2. The van der Waals surface area contributed by atoms with Gasteiger partial charge in [-0.05, 0) is 12.0 Å². The van der Waals surface area contributed by atoms with Crippen LogP contribution in [0.4, 0.5) is 0 Å². The number of benzene rings is 1. The predicted molar refractivity (Wildman–Crippen MR) is 57.1 cm³/mol. The van der Waals surface area contributed by atoms with Crippen LogP contribution in [-0.4, -0.2) is 8.80 Å². The summed E-state index contributed by atoms with van der Waals surface area (Å²) in [5.74, 6) is 0. The van der Waals surface area contributed by atoms with Crippen molar-refractivity contribution in [1.82, 2.24) is 0 Å². The van der Waals surface area contributed by atoms with Gasteiger partial charge in [0.05, 0.1) is 0 Å². The fourth-order valence-electron chi connectivity index (χ4n) is 1.29. The quantitative estimate of drug-likeness (QED) is 0.619. The van der Waals surface area contributed by atoms with Gasteiger partial charge in [0.25, 0.3) is 0 Å². The van der Waals surface area contributed by atoms with Crippen LogP contribution in [0.15, 0.2) is 30.3 Å². The summed E-state index contributed by atoms with van der Waals surface area (Å²) in [4.78, 5) is 0. The molecule has 0 saturated heterocycles. The smallest absolute Gasteiger partial charge is 0.0413 e. The molecule has 0 aliphatic carbocycles. The van der Waals surface area contributed by atoms with Crippen LogP contribution < -0.4 is 0 Å². The van der Waals surface area contributed by atoms with E-state index in [0.717, 1.165) is 0 Å². The maximum absolute atomic E-state index is 2.38. The van der Waals surface area contributed by atoms with Crippen molar-refractivity contribution < 1.29 is 0 Å². The van der Waals surface area contributed by atoms with E-state index in [9.17, 15) is 0 Å². The van der Waals surface area contributed by atoms with Crippen LogP contribution in [0.5, 0.6) is 0 Å². The van der Waals surface area contributed by atoms with Crippen LogP contribution in [-0.2, 0) is 6.42 Å². The molecule has 0 aromatic heterocycles. The Morgan fingerprint density at radius 3 is 2.33 bits per heavy atom. The van der Waals surface area contributed by atoms with E-state index >= 15 is 0 Å². The minimum absolute atomic E-state index is 0.00422. The molecule has 0 amide bonds. The van der Waals surface area contributed by atoms with Crippen LogP contribution in [0.2, 0.25) is 19.1 Å². The Morgan fingerprint density at radius 1 is 1.08 bits per heavy atom. The minimum atomic E-state index is -0.00422. The minimum Gasteiger partial charge on any atom is -0.0713 e. The molecule has 0 unspecified atom stereocenters. The van der Waals surface area contributed by atoms with Gasteiger partial charge in [-0.3, -0.25) is 0 Å². The van der Waals surface area contributed by atoms with E-state index in [1.165, 1.54) is 24.4 Å². The molecule has 12 heavy (non-hydrogen) atoms. The molecule has 65 valence electrons. The summed E-state index contributed by atoms with van der Waals surface area (Å²) in [6.07, 6.45) is 2.63. The lowest BCUT2D eigenvalue weighted by atomic mass is 10.1. The lowest BCUT2D eigenvalue weighted by Crippen LogP contribution is -1.99. The topological polar surface area (TPSA) is 0 Å². The Kier molecular flexibility index (Phi) is 4.09. The van der Waals surface area contributed by atoms with E-state index in [2.05, 4.69) is 43.4 Å². The molecule has 0 bridgehead atoms. The summed E-state index contributed by atoms with van der Waals surface area (Å²) in [7, 11) is -0.00422. The molecule has 1 radical (unpaired) electrons. The Bertz CT molecular complexity index is 204. The molecule has 0 nitrogen and oxygen atoms in total. The van der Waals surface area contributed by atoms with Crippen molar-refractivity contribution in [1.29, 1.82) is 0 Å². The lowest BCUT2D eigenvalue weighted by Gasteiger charge is -2.02. The molecule has 0 atom stereocenters. The highest BCUT2D eigenvalue weighted by Crippen LogP contribution is 2.06. The Hall–Kier alpha value is -0.563. The van der Waals surface area contributed by atoms with Crippen molar-refractivity contribution in [3.63, 3.8) is 0 Å².